The summed E-state index contributed by atoms with van der Waals surface area (Å²) >= 11 is 6.84. The maximum Gasteiger partial charge on any atom is 0.341 e. The van der Waals surface area contributed by atoms with Crippen molar-refractivity contribution in [2.75, 3.05) is 23.9 Å². The molecule has 0 fully saturated rings. The van der Waals surface area contributed by atoms with Gasteiger partial charge in [-0.15, -0.1) is 22.9 Å². The number of urea groups is 1. The quantitative estimate of drug-likeness (QED) is 0.661. The van der Waals surface area contributed by atoms with Gasteiger partial charge in [-0.2, -0.15) is 0 Å². The van der Waals surface area contributed by atoms with Crippen LogP contribution in [-0.4, -0.2) is 31.0 Å². The number of primary amides is 1. The minimum atomic E-state index is -0.640. The SMILES string of the molecule is CCOC(=O)c1ccsc1N(CCCl)C(N)=O. The van der Waals surface area contributed by atoms with Crippen LogP contribution in [0, 0.1) is 0 Å². The normalized spacial score (nSPS) is 10.0. The number of hydrogen-bond donors (Lipinski definition) is 1. The van der Waals surface area contributed by atoms with E-state index in [9.17, 15) is 9.59 Å². The van der Waals surface area contributed by atoms with Gasteiger partial charge in [0, 0.05) is 12.4 Å². The highest BCUT2D eigenvalue weighted by Crippen LogP contribution is 2.28. The number of esters is 1. The predicted octanol–water partition coefficient (Wildman–Crippen LogP) is 2.05. The van der Waals surface area contributed by atoms with E-state index in [0.29, 0.717) is 10.6 Å². The van der Waals surface area contributed by atoms with Crippen molar-refractivity contribution in [2.24, 2.45) is 5.73 Å². The van der Waals surface area contributed by atoms with E-state index in [2.05, 4.69) is 0 Å². The van der Waals surface area contributed by atoms with E-state index in [1.54, 1.807) is 18.4 Å². The van der Waals surface area contributed by atoms with Crippen LogP contribution in [0.15, 0.2) is 11.4 Å². The number of nitrogens with zero attached hydrogens (tertiary/aromatic N) is 1. The molecule has 0 saturated carbocycles. The molecule has 0 aliphatic heterocycles. The smallest absolute Gasteiger partial charge is 0.341 e. The Hall–Kier alpha value is -1.27. The molecule has 17 heavy (non-hydrogen) atoms. The fraction of sp³-hybridized carbons (Fsp3) is 0.400. The molecular weight excluding hydrogens is 264 g/mol. The second-order valence-corrected chi connectivity index (χ2v) is 4.31. The molecule has 1 aromatic heterocycles. The van der Waals surface area contributed by atoms with E-state index in [1.165, 1.54) is 16.2 Å². The molecule has 0 radical (unpaired) electrons. The lowest BCUT2D eigenvalue weighted by molar-refractivity contribution is 0.0528. The average molecular weight is 277 g/mol. The van der Waals surface area contributed by atoms with Crippen molar-refractivity contribution in [1.29, 1.82) is 0 Å². The van der Waals surface area contributed by atoms with Gasteiger partial charge in [0.05, 0.1) is 12.2 Å². The molecule has 0 aliphatic rings. The summed E-state index contributed by atoms with van der Waals surface area (Å²) in [5, 5.41) is 2.17. The molecule has 1 aromatic rings. The summed E-state index contributed by atoms with van der Waals surface area (Å²) in [5.41, 5.74) is 5.57. The molecular formula is C10H13ClN2O3S. The molecule has 7 heteroatoms. The molecule has 0 atom stereocenters. The first-order valence-electron chi connectivity index (χ1n) is 4.99. The first kappa shape index (κ1) is 13.8. The van der Waals surface area contributed by atoms with Crippen molar-refractivity contribution in [3.05, 3.63) is 17.0 Å². The lowest BCUT2D eigenvalue weighted by Crippen LogP contribution is -2.37. The molecule has 0 aromatic carbocycles. The third-order valence-corrected chi connectivity index (χ3v) is 3.06. The number of nitrogens with two attached hydrogens (primary N) is 1. The summed E-state index contributed by atoms with van der Waals surface area (Å²) in [6.07, 6.45) is 0. The number of anilines is 1. The standard InChI is InChI=1S/C10H13ClN2O3S/c1-2-16-9(14)7-3-6-17-8(7)13(5-4-11)10(12)15/h3,6H,2,4-5H2,1H3,(H2,12,15). The Morgan fingerprint density at radius 2 is 2.29 bits per heavy atom. The number of carbonyl (C=O) groups excluding carboxylic acids is 2. The number of rotatable bonds is 5. The minimum absolute atomic E-state index is 0.239. The Labute approximate surface area is 108 Å². The number of amides is 2. The zero-order valence-corrected chi connectivity index (χ0v) is 10.9. The monoisotopic (exact) mass is 276 g/mol. The van der Waals surface area contributed by atoms with E-state index in [0.717, 1.165) is 0 Å². The Morgan fingerprint density at radius 3 is 2.82 bits per heavy atom. The van der Waals surface area contributed by atoms with Gasteiger partial charge in [0.1, 0.15) is 5.00 Å². The average Bonchev–Trinajstić information content (AvgIpc) is 2.74. The van der Waals surface area contributed by atoms with Gasteiger partial charge in [0.15, 0.2) is 0 Å². The Kier molecular flexibility index (Phi) is 5.24. The maximum absolute atomic E-state index is 11.6. The summed E-state index contributed by atoms with van der Waals surface area (Å²) in [6, 6.07) is 0.959. The van der Waals surface area contributed by atoms with Crippen molar-refractivity contribution in [1.82, 2.24) is 0 Å². The van der Waals surface area contributed by atoms with Crippen molar-refractivity contribution in [3.63, 3.8) is 0 Å². The first-order valence-corrected chi connectivity index (χ1v) is 6.40. The largest absolute Gasteiger partial charge is 0.462 e. The molecule has 2 N–H and O–H groups in total. The molecule has 0 aliphatic carbocycles. The zero-order chi connectivity index (χ0) is 12.8. The van der Waals surface area contributed by atoms with Gasteiger partial charge >= 0.3 is 12.0 Å². The lowest BCUT2D eigenvalue weighted by atomic mass is 10.3. The lowest BCUT2D eigenvalue weighted by Gasteiger charge is -2.18. The summed E-state index contributed by atoms with van der Waals surface area (Å²) < 4.78 is 4.89. The van der Waals surface area contributed by atoms with Gasteiger partial charge in [-0.05, 0) is 18.4 Å². The van der Waals surface area contributed by atoms with E-state index in [1.807, 2.05) is 0 Å². The topological polar surface area (TPSA) is 72.6 Å². The summed E-state index contributed by atoms with van der Waals surface area (Å²) in [5.74, 6) is -0.229. The second-order valence-electron chi connectivity index (χ2n) is 3.04. The maximum atomic E-state index is 11.6. The summed E-state index contributed by atoms with van der Waals surface area (Å²) in [4.78, 5) is 24.2. The third kappa shape index (κ3) is 3.34. The van der Waals surface area contributed by atoms with Crippen molar-refractivity contribution < 1.29 is 14.3 Å². The Bertz CT molecular complexity index is 408. The molecule has 94 valence electrons. The van der Waals surface area contributed by atoms with Gasteiger partial charge in [0.2, 0.25) is 0 Å². The van der Waals surface area contributed by atoms with Crippen LogP contribution in [0.5, 0.6) is 0 Å². The molecule has 0 saturated heterocycles. The third-order valence-electron chi connectivity index (χ3n) is 1.96. The number of ether oxygens (including phenoxy) is 1. The van der Waals surface area contributed by atoms with Crippen LogP contribution in [-0.2, 0) is 4.74 Å². The van der Waals surface area contributed by atoms with E-state index in [4.69, 9.17) is 22.1 Å². The Balaban J connectivity index is 3.00. The molecule has 5 nitrogen and oxygen atoms in total. The number of carbonyl (C=O) groups is 2. The van der Waals surface area contributed by atoms with Gasteiger partial charge in [0.25, 0.3) is 0 Å². The van der Waals surface area contributed by atoms with Gasteiger partial charge in [-0.25, -0.2) is 9.59 Å². The molecule has 0 spiro atoms. The number of alkyl halides is 1. The summed E-state index contributed by atoms with van der Waals surface area (Å²) in [6.45, 7) is 2.25. The van der Waals surface area contributed by atoms with E-state index < -0.39 is 12.0 Å². The second kappa shape index (κ2) is 6.46. The number of thiophene rings is 1. The number of hydrogen-bond acceptors (Lipinski definition) is 4. The van der Waals surface area contributed by atoms with Crippen molar-refractivity contribution in [2.45, 2.75) is 6.92 Å². The van der Waals surface area contributed by atoms with Gasteiger partial charge < -0.3 is 10.5 Å². The highest BCUT2D eigenvalue weighted by Gasteiger charge is 2.21. The molecule has 0 unspecified atom stereocenters. The van der Waals surface area contributed by atoms with Crippen LogP contribution >= 0.6 is 22.9 Å². The minimum Gasteiger partial charge on any atom is -0.462 e. The van der Waals surface area contributed by atoms with E-state index in [-0.39, 0.29) is 19.0 Å². The van der Waals surface area contributed by atoms with Crippen molar-refractivity contribution in [3.8, 4) is 0 Å². The Morgan fingerprint density at radius 1 is 1.59 bits per heavy atom. The predicted molar refractivity (Wildman–Crippen MR) is 67.9 cm³/mol. The highest BCUT2D eigenvalue weighted by atomic mass is 35.5. The molecule has 0 bridgehead atoms. The molecule has 1 rings (SSSR count). The van der Waals surface area contributed by atoms with Crippen LogP contribution in [0.3, 0.4) is 0 Å². The number of halogens is 1. The van der Waals surface area contributed by atoms with Crippen LogP contribution in [0.4, 0.5) is 9.80 Å². The van der Waals surface area contributed by atoms with Crippen molar-refractivity contribution >= 4 is 39.9 Å². The fourth-order valence-electron chi connectivity index (χ4n) is 1.27. The van der Waals surface area contributed by atoms with Gasteiger partial charge in [-0.3, -0.25) is 4.90 Å². The van der Waals surface area contributed by atoms with Crippen LogP contribution in [0.2, 0.25) is 0 Å². The van der Waals surface area contributed by atoms with Crippen LogP contribution in [0.1, 0.15) is 17.3 Å². The van der Waals surface area contributed by atoms with E-state index >= 15 is 0 Å². The van der Waals surface area contributed by atoms with Crippen LogP contribution in [0.25, 0.3) is 0 Å². The molecule has 1 heterocycles. The van der Waals surface area contributed by atoms with Crippen LogP contribution < -0.4 is 10.6 Å². The zero-order valence-electron chi connectivity index (χ0n) is 9.31. The molecule has 2 amide bonds. The highest BCUT2D eigenvalue weighted by molar-refractivity contribution is 7.14. The van der Waals surface area contributed by atoms with Gasteiger partial charge in [-0.1, -0.05) is 0 Å². The first-order chi connectivity index (χ1) is 8.11. The fourth-order valence-corrected chi connectivity index (χ4v) is 2.36. The summed E-state index contributed by atoms with van der Waals surface area (Å²) in [7, 11) is 0.